The van der Waals surface area contributed by atoms with Crippen molar-refractivity contribution in [1.82, 2.24) is 20.1 Å². The largest absolute Gasteiger partial charge is 0.370 e. The number of carbonyl (C=O) groups is 1. The number of amides is 1. The quantitative estimate of drug-likeness (QED) is 0.691. The van der Waals surface area contributed by atoms with Crippen LogP contribution in [0.15, 0.2) is 6.33 Å². The molecule has 3 N–H and O–H groups in total. The van der Waals surface area contributed by atoms with E-state index in [-0.39, 0.29) is 11.4 Å². The van der Waals surface area contributed by atoms with Crippen LogP contribution in [0.1, 0.15) is 26.1 Å². The van der Waals surface area contributed by atoms with Crippen molar-refractivity contribution in [2.45, 2.75) is 32.4 Å². The maximum absolute atomic E-state index is 10.8. The van der Waals surface area contributed by atoms with E-state index in [2.05, 4.69) is 15.5 Å². The molecule has 0 aliphatic carbocycles. The Morgan fingerprint density at radius 1 is 1.67 bits per heavy atom. The molecule has 1 heterocycles. The van der Waals surface area contributed by atoms with Crippen molar-refractivity contribution in [2.24, 2.45) is 12.8 Å². The molecule has 0 bridgehead atoms. The van der Waals surface area contributed by atoms with Gasteiger partial charge in [0.1, 0.15) is 12.2 Å². The van der Waals surface area contributed by atoms with Crippen molar-refractivity contribution in [2.75, 3.05) is 0 Å². The summed E-state index contributed by atoms with van der Waals surface area (Å²) in [5, 5.41) is 10.9. The molecule has 1 amide bonds. The minimum Gasteiger partial charge on any atom is -0.370 e. The second-order valence-electron chi connectivity index (χ2n) is 4.24. The molecule has 0 spiro atoms. The highest BCUT2D eigenvalue weighted by molar-refractivity contribution is 5.74. The minimum absolute atomic E-state index is 0.296. The van der Waals surface area contributed by atoms with Crippen LogP contribution in [0.25, 0.3) is 0 Å². The van der Waals surface area contributed by atoms with Gasteiger partial charge in [0.05, 0.1) is 6.54 Å². The third-order valence-corrected chi connectivity index (χ3v) is 2.15. The van der Waals surface area contributed by atoms with E-state index >= 15 is 0 Å². The Labute approximate surface area is 88.9 Å². The Balaban J connectivity index is 2.49. The van der Waals surface area contributed by atoms with E-state index in [4.69, 9.17) is 5.73 Å². The third kappa shape index (κ3) is 3.67. The van der Waals surface area contributed by atoms with Crippen LogP contribution in [-0.2, 0) is 18.4 Å². The van der Waals surface area contributed by atoms with Gasteiger partial charge in [-0.15, -0.1) is 10.2 Å². The van der Waals surface area contributed by atoms with E-state index in [1.807, 2.05) is 25.5 Å². The highest BCUT2D eigenvalue weighted by Crippen LogP contribution is 2.08. The number of primary amides is 1. The fraction of sp³-hybridized carbons (Fsp3) is 0.667. The second kappa shape index (κ2) is 4.39. The fourth-order valence-corrected chi connectivity index (χ4v) is 1.28. The second-order valence-corrected chi connectivity index (χ2v) is 4.24. The lowest BCUT2D eigenvalue weighted by molar-refractivity contribution is -0.119. The Hall–Kier alpha value is -1.43. The molecule has 0 aliphatic heterocycles. The lowest BCUT2D eigenvalue weighted by Gasteiger charge is -2.24. The molecule has 0 fully saturated rings. The predicted octanol–water partition coefficient (Wildman–Crippen LogP) is -0.441. The molecule has 6 heteroatoms. The highest BCUT2D eigenvalue weighted by atomic mass is 16.1. The topological polar surface area (TPSA) is 85.8 Å². The van der Waals surface area contributed by atoms with Crippen molar-refractivity contribution >= 4 is 5.91 Å². The SMILES string of the molecule is Cn1cnnc1CNC(C)(C)CC(N)=O. The van der Waals surface area contributed by atoms with Crippen molar-refractivity contribution < 1.29 is 4.79 Å². The zero-order valence-electron chi connectivity index (χ0n) is 9.32. The zero-order valence-corrected chi connectivity index (χ0v) is 9.32. The molecule has 1 aromatic heterocycles. The molecular formula is C9H17N5O. The van der Waals surface area contributed by atoms with Gasteiger partial charge in [-0.2, -0.15) is 0 Å². The van der Waals surface area contributed by atoms with E-state index in [1.165, 1.54) is 0 Å². The summed E-state index contributed by atoms with van der Waals surface area (Å²) in [5.41, 5.74) is 4.82. The van der Waals surface area contributed by atoms with E-state index in [0.29, 0.717) is 13.0 Å². The first-order valence-corrected chi connectivity index (χ1v) is 4.77. The van der Waals surface area contributed by atoms with Crippen LogP contribution in [0.4, 0.5) is 0 Å². The molecule has 6 nitrogen and oxygen atoms in total. The maximum Gasteiger partial charge on any atom is 0.219 e. The summed E-state index contributed by atoms with van der Waals surface area (Å²) in [4.78, 5) is 10.8. The smallest absolute Gasteiger partial charge is 0.219 e. The van der Waals surface area contributed by atoms with Crippen LogP contribution in [0, 0.1) is 0 Å². The summed E-state index contributed by atoms with van der Waals surface area (Å²) in [5.74, 6) is 0.512. The van der Waals surface area contributed by atoms with Crippen molar-refractivity contribution in [3.05, 3.63) is 12.2 Å². The van der Waals surface area contributed by atoms with Crippen LogP contribution in [0.2, 0.25) is 0 Å². The maximum atomic E-state index is 10.8. The van der Waals surface area contributed by atoms with Crippen LogP contribution < -0.4 is 11.1 Å². The number of rotatable bonds is 5. The van der Waals surface area contributed by atoms with Crippen molar-refractivity contribution in [3.63, 3.8) is 0 Å². The Morgan fingerprint density at radius 3 is 2.80 bits per heavy atom. The molecule has 1 aromatic rings. The molecule has 15 heavy (non-hydrogen) atoms. The Kier molecular flexibility index (Phi) is 3.41. The number of aryl methyl sites for hydroxylation is 1. The number of carbonyl (C=O) groups excluding carboxylic acids is 1. The van der Waals surface area contributed by atoms with E-state index in [9.17, 15) is 4.79 Å². The molecular weight excluding hydrogens is 194 g/mol. The molecule has 0 atom stereocenters. The summed E-state index contributed by atoms with van der Waals surface area (Å²) < 4.78 is 1.83. The van der Waals surface area contributed by atoms with Crippen molar-refractivity contribution in [1.29, 1.82) is 0 Å². The summed E-state index contributed by atoms with van der Waals surface area (Å²) in [6.45, 7) is 4.42. The number of hydrogen-bond donors (Lipinski definition) is 2. The van der Waals surface area contributed by atoms with Crippen LogP contribution >= 0.6 is 0 Å². The van der Waals surface area contributed by atoms with E-state index < -0.39 is 0 Å². The highest BCUT2D eigenvalue weighted by Gasteiger charge is 2.20. The third-order valence-electron chi connectivity index (χ3n) is 2.15. The summed E-state index contributed by atoms with van der Waals surface area (Å²) >= 11 is 0. The molecule has 0 aliphatic rings. The van der Waals surface area contributed by atoms with Gasteiger partial charge in [-0.05, 0) is 13.8 Å². The first-order valence-electron chi connectivity index (χ1n) is 4.77. The molecule has 0 saturated heterocycles. The summed E-state index contributed by atoms with van der Waals surface area (Å²) in [6.07, 6.45) is 1.93. The first-order chi connectivity index (χ1) is 6.91. The standard InChI is InChI=1S/C9H17N5O/c1-9(2,4-7(10)15)11-5-8-13-12-6-14(8)3/h6,11H,4-5H2,1-3H3,(H2,10,15). The van der Waals surface area contributed by atoms with Gasteiger partial charge in [0.25, 0.3) is 0 Å². The van der Waals surface area contributed by atoms with E-state index in [0.717, 1.165) is 5.82 Å². The van der Waals surface area contributed by atoms with Crippen LogP contribution in [0.3, 0.4) is 0 Å². The molecule has 0 radical (unpaired) electrons. The number of aromatic nitrogens is 3. The lowest BCUT2D eigenvalue weighted by Crippen LogP contribution is -2.42. The number of nitrogens with one attached hydrogen (secondary N) is 1. The average molecular weight is 211 g/mol. The summed E-state index contributed by atoms with van der Waals surface area (Å²) in [7, 11) is 1.87. The predicted molar refractivity (Wildman–Crippen MR) is 55.7 cm³/mol. The molecule has 0 unspecified atom stereocenters. The normalized spacial score (nSPS) is 11.7. The van der Waals surface area contributed by atoms with E-state index in [1.54, 1.807) is 6.33 Å². The molecule has 0 saturated carbocycles. The number of hydrogen-bond acceptors (Lipinski definition) is 4. The lowest BCUT2D eigenvalue weighted by atomic mass is 10.0. The number of nitrogens with zero attached hydrogens (tertiary/aromatic N) is 3. The fourth-order valence-electron chi connectivity index (χ4n) is 1.28. The average Bonchev–Trinajstić information content (AvgIpc) is 2.45. The van der Waals surface area contributed by atoms with Gasteiger partial charge in [-0.3, -0.25) is 4.79 Å². The van der Waals surface area contributed by atoms with Crippen LogP contribution in [-0.4, -0.2) is 26.2 Å². The van der Waals surface area contributed by atoms with Crippen LogP contribution in [0.5, 0.6) is 0 Å². The minimum atomic E-state index is -0.322. The van der Waals surface area contributed by atoms with Gasteiger partial charge in [-0.1, -0.05) is 0 Å². The summed E-state index contributed by atoms with van der Waals surface area (Å²) in [6, 6.07) is 0. The van der Waals surface area contributed by atoms with Gasteiger partial charge >= 0.3 is 0 Å². The van der Waals surface area contributed by atoms with Gasteiger partial charge in [0.2, 0.25) is 5.91 Å². The van der Waals surface area contributed by atoms with Crippen molar-refractivity contribution in [3.8, 4) is 0 Å². The molecule has 1 rings (SSSR count). The number of nitrogens with two attached hydrogens (primary N) is 1. The Morgan fingerprint density at radius 2 is 2.33 bits per heavy atom. The molecule has 84 valence electrons. The van der Waals surface area contributed by atoms with Gasteiger partial charge in [-0.25, -0.2) is 0 Å². The zero-order chi connectivity index (χ0) is 11.5. The van der Waals surface area contributed by atoms with Gasteiger partial charge in [0.15, 0.2) is 0 Å². The first kappa shape index (κ1) is 11.6. The monoisotopic (exact) mass is 211 g/mol. The van der Waals surface area contributed by atoms with Gasteiger partial charge in [0, 0.05) is 19.0 Å². The molecule has 0 aromatic carbocycles. The Bertz CT molecular complexity index is 344. The van der Waals surface area contributed by atoms with Gasteiger partial charge < -0.3 is 15.6 Å².